The molecule has 0 saturated heterocycles. The van der Waals surface area contributed by atoms with Crippen molar-refractivity contribution in [3.63, 3.8) is 0 Å². The van der Waals surface area contributed by atoms with Gasteiger partial charge >= 0.3 is 0 Å². The summed E-state index contributed by atoms with van der Waals surface area (Å²) in [6.07, 6.45) is 0. The molecule has 1 aromatic carbocycles. The predicted molar refractivity (Wildman–Crippen MR) is 86.1 cm³/mol. The number of thiophene rings is 1. The molecule has 0 unspecified atom stereocenters. The van der Waals surface area contributed by atoms with E-state index in [1.165, 1.54) is 17.4 Å². The Hall–Kier alpha value is -0.250. The summed E-state index contributed by atoms with van der Waals surface area (Å²) in [6, 6.07) is 6.53. The fourth-order valence-electron chi connectivity index (χ4n) is 1.55. The van der Waals surface area contributed by atoms with Gasteiger partial charge in [0.05, 0.1) is 11.5 Å². The fourth-order valence-corrected chi connectivity index (χ4v) is 5.19. The Balaban J connectivity index is 2.20. The summed E-state index contributed by atoms with van der Waals surface area (Å²) in [7, 11) is -3.60. The molecule has 4 nitrogen and oxygen atoms in total. The zero-order chi connectivity index (χ0) is 14.8. The van der Waals surface area contributed by atoms with Crippen LogP contribution in [0.2, 0.25) is 0 Å². The zero-order valence-electron chi connectivity index (χ0n) is 10.1. The Bertz CT molecular complexity index is 713. The third kappa shape index (κ3) is 3.69. The van der Waals surface area contributed by atoms with Gasteiger partial charge in [0.2, 0.25) is 10.0 Å². The molecule has 2 N–H and O–H groups in total. The molecule has 1 aromatic heterocycles. The number of hydrogen-bond donors (Lipinski definition) is 2. The van der Waals surface area contributed by atoms with Gasteiger partial charge < -0.3 is 5.11 Å². The van der Waals surface area contributed by atoms with Crippen LogP contribution < -0.4 is 4.72 Å². The van der Waals surface area contributed by atoms with Crippen LogP contribution in [0, 0.1) is 0 Å². The van der Waals surface area contributed by atoms with Crippen LogP contribution in [-0.2, 0) is 23.2 Å². The Labute approximate surface area is 138 Å². The minimum absolute atomic E-state index is 0.130. The van der Waals surface area contributed by atoms with Crippen molar-refractivity contribution in [2.24, 2.45) is 0 Å². The van der Waals surface area contributed by atoms with E-state index in [1.54, 1.807) is 12.1 Å². The van der Waals surface area contributed by atoms with E-state index in [1.807, 2.05) is 11.4 Å². The SMILES string of the molecule is O=S(=O)(NCc1sccc1Br)c1ccc(CO)cc1Br. The van der Waals surface area contributed by atoms with Gasteiger partial charge in [-0.25, -0.2) is 13.1 Å². The van der Waals surface area contributed by atoms with Gasteiger partial charge in [0.1, 0.15) is 0 Å². The maximum atomic E-state index is 12.2. The van der Waals surface area contributed by atoms with Gasteiger partial charge in [0.15, 0.2) is 0 Å². The molecule has 2 rings (SSSR count). The van der Waals surface area contributed by atoms with E-state index < -0.39 is 10.0 Å². The minimum Gasteiger partial charge on any atom is -0.392 e. The molecule has 0 bridgehead atoms. The quantitative estimate of drug-likeness (QED) is 0.749. The second-order valence-electron chi connectivity index (χ2n) is 3.94. The van der Waals surface area contributed by atoms with Gasteiger partial charge in [0, 0.05) is 20.4 Å². The van der Waals surface area contributed by atoms with Crippen molar-refractivity contribution >= 4 is 53.2 Å². The largest absolute Gasteiger partial charge is 0.392 e. The Morgan fingerprint density at radius 1 is 1.20 bits per heavy atom. The molecule has 0 saturated carbocycles. The van der Waals surface area contributed by atoms with Gasteiger partial charge in [-0.1, -0.05) is 6.07 Å². The Morgan fingerprint density at radius 2 is 1.95 bits per heavy atom. The number of sulfonamides is 1. The number of halogens is 2. The molecule has 20 heavy (non-hydrogen) atoms. The van der Waals surface area contributed by atoms with Crippen molar-refractivity contribution in [3.8, 4) is 0 Å². The first-order valence-electron chi connectivity index (χ1n) is 5.55. The lowest BCUT2D eigenvalue weighted by molar-refractivity contribution is 0.281. The lowest BCUT2D eigenvalue weighted by Crippen LogP contribution is -2.23. The molecular weight excluding hydrogens is 430 g/mol. The molecule has 0 amide bonds. The van der Waals surface area contributed by atoms with Crippen molar-refractivity contribution in [2.75, 3.05) is 0 Å². The van der Waals surface area contributed by atoms with Gasteiger partial charge in [-0.2, -0.15) is 0 Å². The maximum Gasteiger partial charge on any atom is 0.242 e. The van der Waals surface area contributed by atoms with Gasteiger partial charge in [-0.3, -0.25) is 0 Å². The lowest BCUT2D eigenvalue weighted by Gasteiger charge is -2.09. The summed E-state index contributed by atoms with van der Waals surface area (Å²) < 4.78 is 28.4. The van der Waals surface area contributed by atoms with Crippen molar-refractivity contribution < 1.29 is 13.5 Å². The Morgan fingerprint density at radius 3 is 2.50 bits per heavy atom. The van der Waals surface area contributed by atoms with Crippen LogP contribution >= 0.6 is 43.2 Å². The molecule has 0 aliphatic carbocycles. The topological polar surface area (TPSA) is 66.4 Å². The molecule has 0 spiro atoms. The van der Waals surface area contributed by atoms with Crippen LogP contribution in [0.4, 0.5) is 0 Å². The number of aliphatic hydroxyl groups excluding tert-OH is 1. The smallest absolute Gasteiger partial charge is 0.242 e. The molecule has 2 aromatic rings. The highest BCUT2D eigenvalue weighted by Crippen LogP contribution is 2.25. The summed E-state index contributed by atoms with van der Waals surface area (Å²) in [5.74, 6) is 0. The third-order valence-electron chi connectivity index (χ3n) is 2.58. The van der Waals surface area contributed by atoms with E-state index >= 15 is 0 Å². The molecule has 0 fully saturated rings. The number of aliphatic hydroxyl groups is 1. The summed E-state index contributed by atoms with van der Waals surface area (Å²) in [5, 5.41) is 10.9. The van der Waals surface area contributed by atoms with Crippen LogP contribution in [0.1, 0.15) is 10.4 Å². The van der Waals surface area contributed by atoms with Gasteiger partial charge in [0.25, 0.3) is 0 Å². The molecule has 1 heterocycles. The molecule has 0 radical (unpaired) electrons. The van der Waals surface area contributed by atoms with Crippen molar-refractivity contribution in [1.82, 2.24) is 4.72 Å². The highest BCUT2D eigenvalue weighted by molar-refractivity contribution is 9.10. The molecule has 8 heteroatoms. The predicted octanol–water partition coefficient (Wildman–Crippen LogP) is 3.24. The van der Waals surface area contributed by atoms with E-state index in [9.17, 15) is 8.42 Å². The molecular formula is C12H11Br2NO3S2. The summed E-state index contributed by atoms with van der Waals surface area (Å²) >= 11 is 8.06. The zero-order valence-corrected chi connectivity index (χ0v) is 14.9. The van der Waals surface area contributed by atoms with Crippen molar-refractivity contribution in [2.45, 2.75) is 18.0 Å². The standard InChI is InChI=1S/C12H11Br2NO3S2/c13-9-3-4-19-11(9)6-15-20(17,18)12-2-1-8(7-16)5-10(12)14/h1-5,15-16H,6-7H2. The van der Waals surface area contributed by atoms with Gasteiger partial charge in [-0.15, -0.1) is 11.3 Å². The first-order valence-corrected chi connectivity index (χ1v) is 9.50. The second-order valence-corrected chi connectivity index (χ2v) is 8.38. The highest BCUT2D eigenvalue weighted by atomic mass is 79.9. The summed E-state index contributed by atoms with van der Waals surface area (Å²) in [4.78, 5) is 1.07. The van der Waals surface area contributed by atoms with Crippen LogP contribution in [0.5, 0.6) is 0 Å². The average molecular weight is 441 g/mol. The van der Waals surface area contributed by atoms with Crippen molar-refractivity contribution in [3.05, 3.63) is 49.0 Å². The normalized spacial score (nSPS) is 11.8. The highest BCUT2D eigenvalue weighted by Gasteiger charge is 2.18. The third-order valence-corrected chi connectivity index (χ3v) is 6.89. The van der Waals surface area contributed by atoms with E-state index in [4.69, 9.17) is 5.11 Å². The van der Waals surface area contributed by atoms with Crippen LogP contribution in [0.3, 0.4) is 0 Å². The number of nitrogens with one attached hydrogen (secondary N) is 1. The van der Waals surface area contributed by atoms with Crippen LogP contribution in [0.15, 0.2) is 43.5 Å². The molecule has 0 atom stereocenters. The summed E-state index contributed by atoms with van der Waals surface area (Å²) in [6.45, 7) is 0.100. The molecule has 0 aliphatic rings. The van der Waals surface area contributed by atoms with Crippen LogP contribution in [0.25, 0.3) is 0 Å². The van der Waals surface area contributed by atoms with E-state index in [0.29, 0.717) is 10.0 Å². The number of benzene rings is 1. The van der Waals surface area contributed by atoms with Crippen molar-refractivity contribution in [1.29, 1.82) is 0 Å². The molecule has 0 aliphatic heterocycles. The lowest BCUT2D eigenvalue weighted by atomic mass is 10.2. The van der Waals surface area contributed by atoms with E-state index in [2.05, 4.69) is 36.6 Å². The maximum absolute atomic E-state index is 12.2. The molecule has 108 valence electrons. The second kappa shape index (κ2) is 6.67. The summed E-state index contributed by atoms with van der Waals surface area (Å²) in [5.41, 5.74) is 0.650. The average Bonchev–Trinajstić information content (AvgIpc) is 2.81. The minimum atomic E-state index is -3.60. The Kier molecular flexibility index (Phi) is 5.38. The first-order chi connectivity index (χ1) is 9.44. The number of hydrogen-bond acceptors (Lipinski definition) is 4. The van der Waals surface area contributed by atoms with Gasteiger partial charge in [-0.05, 0) is 61.0 Å². The van der Waals surface area contributed by atoms with E-state index in [0.717, 1.165) is 9.35 Å². The number of rotatable bonds is 5. The van der Waals surface area contributed by atoms with E-state index in [-0.39, 0.29) is 18.0 Å². The fraction of sp³-hybridized carbons (Fsp3) is 0.167. The monoisotopic (exact) mass is 439 g/mol. The van der Waals surface area contributed by atoms with Crippen LogP contribution in [-0.4, -0.2) is 13.5 Å². The first kappa shape index (κ1) is 16.1.